The van der Waals surface area contributed by atoms with Crippen molar-refractivity contribution >= 4 is 6.03 Å². The number of aryl methyl sites for hydroxylation is 2. The van der Waals surface area contributed by atoms with Gasteiger partial charge >= 0.3 is 6.03 Å². The summed E-state index contributed by atoms with van der Waals surface area (Å²) in [6, 6.07) is 4.30. The van der Waals surface area contributed by atoms with Gasteiger partial charge in [-0.15, -0.1) is 0 Å². The SMILES string of the molecule is Cc1cc(CCNC(=O)N2CCN3CCOC[C@H]3C2)cc(C)c1O. The lowest BCUT2D eigenvalue weighted by Gasteiger charge is -2.43. The van der Waals surface area contributed by atoms with Crippen molar-refractivity contribution in [3.63, 3.8) is 0 Å². The van der Waals surface area contributed by atoms with Crippen LogP contribution < -0.4 is 5.32 Å². The molecule has 0 saturated carbocycles. The van der Waals surface area contributed by atoms with Crippen LogP contribution in [-0.2, 0) is 11.2 Å². The number of benzene rings is 1. The van der Waals surface area contributed by atoms with Crippen molar-refractivity contribution < 1.29 is 14.6 Å². The molecular formula is C18H27N3O3. The van der Waals surface area contributed by atoms with Crippen molar-refractivity contribution in [2.45, 2.75) is 26.3 Å². The normalized spacial score (nSPS) is 21.4. The van der Waals surface area contributed by atoms with Crippen molar-refractivity contribution in [3.8, 4) is 5.75 Å². The number of rotatable bonds is 3. The van der Waals surface area contributed by atoms with Crippen LogP contribution in [0, 0.1) is 13.8 Å². The molecule has 2 fully saturated rings. The molecule has 0 bridgehead atoms. The average molecular weight is 333 g/mol. The zero-order chi connectivity index (χ0) is 17.1. The van der Waals surface area contributed by atoms with Crippen LogP contribution in [0.2, 0.25) is 0 Å². The second-order valence-electron chi connectivity index (χ2n) is 6.77. The number of aromatic hydroxyl groups is 1. The summed E-state index contributed by atoms with van der Waals surface area (Å²) in [5.41, 5.74) is 2.89. The molecule has 2 N–H and O–H groups in total. The minimum Gasteiger partial charge on any atom is -0.507 e. The number of nitrogens with zero attached hydrogens (tertiary/aromatic N) is 2. The van der Waals surface area contributed by atoms with E-state index in [1.54, 1.807) is 0 Å². The molecule has 2 aliphatic rings. The minimum absolute atomic E-state index is 0.00689. The molecular weight excluding hydrogens is 306 g/mol. The van der Waals surface area contributed by atoms with Gasteiger partial charge in [0, 0.05) is 32.7 Å². The number of urea groups is 1. The molecule has 6 nitrogen and oxygen atoms in total. The molecule has 6 heteroatoms. The predicted molar refractivity (Wildman–Crippen MR) is 92.4 cm³/mol. The fourth-order valence-electron chi connectivity index (χ4n) is 3.55. The third kappa shape index (κ3) is 3.82. The molecule has 1 atom stereocenters. The van der Waals surface area contributed by atoms with Crippen molar-refractivity contribution in [2.75, 3.05) is 45.9 Å². The van der Waals surface area contributed by atoms with Crippen LogP contribution in [0.4, 0.5) is 4.79 Å². The topological polar surface area (TPSA) is 65.0 Å². The van der Waals surface area contributed by atoms with E-state index < -0.39 is 0 Å². The fourth-order valence-corrected chi connectivity index (χ4v) is 3.55. The number of ether oxygens (including phenoxy) is 1. The maximum absolute atomic E-state index is 12.4. The van der Waals surface area contributed by atoms with Gasteiger partial charge in [0.05, 0.1) is 19.3 Å². The van der Waals surface area contributed by atoms with E-state index in [9.17, 15) is 9.90 Å². The number of hydrogen-bond acceptors (Lipinski definition) is 4. The van der Waals surface area contributed by atoms with Crippen LogP contribution in [0.25, 0.3) is 0 Å². The number of nitrogens with one attached hydrogen (secondary N) is 1. The van der Waals surface area contributed by atoms with E-state index in [4.69, 9.17) is 4.74 Å². The molecule has 3 rings (SSSR count). The van der Waals surface area contributed by atoms with E-state index in [0.717, 1.165) is 62.5 Å². The Morgan fingerprint density at radius 2 is 2.04 bits per heavy atom. The summed E-state index contributed by atoms with van der Waals surface area (Å²) < 4.78 is 5.52. The second kappa shape index (κ2) is 7.40. The fraction of sp³-hybridized carbons (Fsp3) is 0.611. The van der Waals surface area contributed by atoms with E-state index in [1.165, 1.54) is 0 Å². The first kappa shape index (κ1) is 17.0. The Balaban J connectivity index is 1.47. The molecule has 2 amide bonds. The number of hydrogen-bond donors (Lipinski definition) is 2. The number of carbonyl (C=O) groups is 1. The molecule has 1 aromatic rings. The first-order valence-electron chi connectivity index (χ1n) is 8.68. The maximum atomic E-state index is 12.4. The van der Waals surface area contributed by atoms with Crippen LogP contribution in [0.3, 0.4) is 0 Å². The van der Waals surface area contributed by atoms with Crippen LogP contribution in [-0.4, -0.2) is 72.9 Å². The lowest BCUT2D eigenvalue weighted by atomic mass is 10.0. The highest BCUT2D eigenvalue weighted by molar-refractivity contribution is 5.74. The summed E-state index contributed by atoms with van der Waals surface area (Å²) in [5, 5.41) is 12.8. The molecule has 2 saturated heterocycles. The Bertz CT molecular complexity index is 582. The Labute approximate surface area is 143 Å². The lowest BCUT2D eigenvalue weighted by molar-refractivity contribution is -0.0364. The van der Waals surface area contributed by atoms with Crippen molar-refractivity contribution in [1.29, 1.82) is 0 Å². The largest absolute Gasteiger partial charge is 0.507 e. The highest BCUT2D eigenvalue weighted by Gasteiger charge is 2.31. The number of morpholine rings is 1. The molecule has 24 heavy (non-hydrogen) atoms. The molecule has 132 valence electrons. The molecule has 0 spiro atoms. The van der Waals surface area contributed by atoms with E-state index >= 15 is 0 Å². The number of fused-ring (bicyclic) bond motifs is 1. The Morgan fingerprint density at radius 3 is 2.79 bits per heavy atom. The number of amides is 2. The molecule has 2 aliphatic heterocycles. The van der Waals surface area contributed by atoms with Gasteiger partial charge in [0.15, 0.2) is 0 Å². The van der Waals surface area contributed by atoms with Gasteiger partial charge in [-0.25, -0.2) is 4.79 Å². The predicted octanol–water partition coefficient (Wildman–Crippen LogP) is 1.28. The first-order valence-corrected chi connectivity index (χ1v) is 8.68. The number of phenolic OH excluding ortho intramolecular Hbond substituents is 1. The van der Waals surface area contributed by atoms with Gasteiger partial charge < -0.3 is 20.1 Å². The van der Waals surface area contributed by atoms with Crippen LogP contribution >= 0.6 is 0 Å². The minimum atomic E-state index is 0.00689. The van der Waals surface area contributed by atoms with Gasteiger partial charge in [-0.2, -0.15) is 0 Å². The van der Waals surface area contributed by atoms with Gasteiger partial charge in [-0.1, -0.05) is 12.1 Å². The van der Waals surface area contributed by atoms with Crippen LogP contribution in [0.5, 0.6) is 5.75 Å². The zero-order valence-corrected chi connectivity index (χ0v) is 14.5. The van der Waals surface area contributed by atoms with E-state index in [0.29, 0.717) is 18.3 Å². The Kier molecular flexibility index (Phi) is 5.26. The molecule has 0 aliphatic carbocycles. The number of carbonyl (C=O) groups excluding carboxylic acids is 1. The van der Waals surface area contributed by atoms with E-state index in [1.807, 2.05) is 30.9 Å². The Morgan fingerprint density at radius 1 is 1.29 bits per heavy atom. The van der Waals surface area contributed by atoms with Crippen molar-refractivity contribution in [3.05, 3.63) is 28.8 Å². The highest BCUT2D eigenvalue weighted by atomic mass is 16.5. The van der Waals surface area contributed by atoms with Crippen molar-refractivity contribution in [1.82, 2.24) is 15.1 Å². The van der Waals surface area contributed by atoms with Gasteiger partial charge in [-0.05, 0) is 37.0 Å². The third-order valence-electron chi connectivity index (χ3n) is 4.97. The van der Waals surface area contributed by atoms with Gasteiger partial charge in [0.1, 0.15) is 5.75 Å². The lowest BCUT2D eigenvalue weighted by Crippen LogP contribution is -2.60. The van der Waals surface area contributed by atoms with Crippen LogP contribution in [0.1, 0.15) is 16.7 Å². The molecule has 1 aromatic carbocycles. The van der Waals surface area contributed by atoms with E-state index in [-0.39, 0.29) is 6.03 Å². The van der Waals surface area contributed by atoms with Crippen LogP contribution in [0.15, 0.2) is 12.1 Å². The average Bonchev–Trinajstić information content (AvgIpc) is 2.59. The first-order chi connectivity index (χ1) is 11.5. The zero-order valence-electron chi connectivity index (χ0n) is 14.5. The Hall–Kier alpha value is -1.79. The van der Waals surface area contributed by atoms with E-state index in [2.05, 4.69) is 10.2 Å². The summed E-state index contributed by atoms with van der Waals surface area (Å²) >= 11 is 0. The monoisotopic (exact) mass is 333 g/mol. The molecule has 2 heterocycles. The molecule has 0 unspecified atom stereocenters. The summed E-state index contributed by atoms with van der Waals surface area (Å²) in [5.74, 6) is 0.357. The van der Waals surface area contributed by atoms with Gasteiger partial charge in [0.25, 0.3) is 0 Å². The van der Waals surface area contributed by atoms with Gasteiger partial charge in [0.2, 0.25) is 0 Å². The molecule has 0 aromatic heterocycles. The maximum Gasteiger partial charge on any atom is 0.317 e. The van der Waals surface area contributed by atoms with Crippen molar-refractivity contribution in [2.24, 2.45) is 0 Å². The smallest absolute Gasteiger partial charge is 0.317 e. The molecule has 0 radical (unpaired) electrons. The summed E-state index contributed by atoms with van der Waals surface area (Å²) in [4.78, 5) is 16.7. The summed E-state index contributed by atoms with van der Waals surface area (Å²) in [7, 11) is 0. The third-order valence-corrected chi connectivity index (χ3v) is 4.97. The summed E-state index contributed by atoms with van der Waals surface area (Å²) in [6.07, 6.45) is 0.764. The number of piperazine rings is 1. The van der Waals surface area contributed by atoms with Gasteiger partial charge in [-0.3, -0.25) is 4.90 Å². The summed E-state index contributed by atoms with van der Waals surface area (Å²) in [6.45, 7) is 9.33. The quantitative estimate of drug-likeness (QED) is 0.874. The highest BCUT2D eigenvalue weighted by Crippen LogP contribution is 2.23. The second-order valence-corrected chi connectivity index (χ2v) is 6.77. The standard InChI is InChI=1S/C18H27N3O3/c1-13-9-15(10-14(2)17(13)22)3-4-19-18(23)21-6-5-20-7-8-24-12-16(20)11-21/h9-10,16,22H,3-8,11-12H2,1-2H3,(H,19,23)/t16-/m1/s1. The number of phenols is 1.